The second-order valence-electron chi connectivity index (χ2n) is 18.4. The molecule has 0 amide bonds. The molecule has 70 heavy (non-hydrogen) atoms. The number of fused-ring (bicyclic) bond motifs is 9. The molecule has 0 radical (unpaired) electrons. The van der Waals surface area contributed by atoms with E-state index in [1.807, 2.05) is 23.5 Å². The molecule has 328 valence electrons. The Hall–Kier alpha value is -8.76. The average molecular weight is 910 g/mol. The molecule has 0 N–H and O–H groups in total. The number of hydrogen-bond donors (Lipinski definition) is 0. The largest absolute Gasteiger partial charge is 0.456 e. The summed E-state index contributed by atoms with van der Waals surface area (Å²) in [5.74, 6) is 0. The van der Waals surface area contributed by atoms with Gasteiger partial charge in [-0.2, -0.15) is 0 Å². The van der Waals surface area contributed by atoms with E-state index in [1.165, 1.54) is 75.8 Å². The van der Waals surface area contributed by atoms with E-state index in [-0.39, 0.29) is 0 Å². The predicted molar refractivity (Wildman–Crippen MR) is 295 cm³/mol. The van der Waals surface area contributed by atoms with Crippen molar-refractivity contribution in [3.8, 4) is 44.5 Å². The highest BCUT2D eigenvalue weighted by atomic mass is 32.1. The Morgan fingerprint density at radius 1 is 0.314 bits per heavy atom. The van der Waals surface area contributed by atoms with Gasteiger partial charge in [-0.3, -0.25) is 0 Å². The highest BCUT2D eigenvalue weighted by Gasteiger charge is 2.46. The molecule has 2 aromatic heterocycles. The van der Waals surface area contributed by atoms with Crippen LogP contribution in [-0.2, 0) is 5.41 Å². The van der Waals surface area contributed by atoms with E-state index in [9.17, 15) is 0 Å². The Bertz CT molecular complexity index is 4070. The Balaban J connectivity index is 0.895. The fraction of sp³-hybridized carbons (Fsp3) is 0.0149. The van der Waals surface area contributed by atoms with Crippen molar-refractivity contribution in [1.82, 2.24) is 0 Å². The molecular formula is C67H43NOS. The summed E-state index contributed by atoms with van der Waals surface area (Å²) in [7, 11) is 0. The van der Waals surface area contributed by atoms with E-state index in [0.717, 1.165) is 50.1 Å². The molecule has 0 saturated heterocycles. The normalized spacial score (nSPS) is 12.7. The van der Waals surface area contributed by atoms with Crippen molar-refractivity contribution in [2.24, 2.45) is 0 Å². The maximum absolute atomic E-state index is 6.16. The number of benzene rings is 11. The third-order valence-electron chi connectivity index (χ3n) is 14.6. The maximum atomic E-state index is 6.16. The molecule has 1 aliphatic carbocycles. The standard InChI is InChI=1S/C67H43NOS/c1-3-17-49(18-4-1)67(50-19-5-2-6-20-50)61-26-10-7-21-55(61)59-43-53(38-39-62(59)67)68(52-36-31-45(32-37-52)54-24-14-25-58-57-23-9-12-28-65(57)70-66(54)58)51-34-29-44(30-35-51)46-15-13-16-47(41-46)48-33-40-64-60(42-48)56-22-8-11-27-63(56)69-64/h1-43H. The molecule has 11 aromatic carbocycles. The molecule has 3 heteroatoms. The van der Waals surface area contributed by atoms with E-state index in [0.29, 0.717) is 0 Å². The molecule has 0 aliphatic heterocycles. The highest BCUT2D eigenvalue weighted by Crippen LogP contribution is 2.57. The maximum Gasteiger partial charge on any atom is 0.135 e. The third-order valence-corrected chi connectivity index (χ3v) is 15.8. The minimum absolute atomic E-state index is 0.471. The van der Waals surface area contributed by atoms with Crippen molar-refractivity contribution in [2.75, 3.05) is 4.90 Å². The molecular weight excluding hydrogens is 867 g/mol. The van der Waals surface area contributed by atoms with Crippen molar-refractivity contribution in [3.05, 3.63) is 283 Å². The van der Waals surface area contributed by atoms with Gasteiger partial charge in [0.05, 0.1) is 5.41 Å². The number of rotatable bonds is 8. The summed E-state index contributed by atoms with van der Waals surface area (Å²) in [6.45, 7) is 0. The first-order valence-corrected chi connectivity index (χ1v) is 24.8. The lowest BCUT2D eigenvalue weighted by Gasteiger charge is -2.34. The third kappa shape index (κ3) is 6.32. The topological polar surface area (TPSA) is 16.4 Å². The molecule has 14 rings (SSSR count). The van der Waals surface area contributed by atoms with Crippen molar-refractivity contribution >= 4 is 70.5 Å². The van der Waals surface area contributed by atoms with Crippen LogP contribution in [0.1, 0.15) is 22.3 Å². The lowest BCUT2D eigenvalue weighted by Crippen LogP contribution is -2.28. The Kier molecular flexibility index (Phi) is 9.33. The van der Waals surface area contributed by atoms with E-state index >= 15 is 0 Å². The molecule has 1 aliphatic rings. The van der Waals surface area contributed by atoms with E-state index in [4.69, 9.17) is 4.42 Å². The molecule has 0 fully saturated rings. The summed E-state index contributed by atoms with van der Waals surface area (Å²) < 4.78 is 8.80. The van der Waals surface area contributed by atoms with Gasteiger partial charge in [0.25, 0.3) is 0 Å². The van der Waals surface area contributed by atoms with Crippen LogP contribution in [-0.4, -0.2) is 0 Å². The first-order chi connectivity index (χ1) is 34.7. The number of hydrogen-bond acceptors (Lipinski definition) is 3. The summed E-state index contributed by atoms with van der Waals surface area (Å²) in [5, 5.41) is 4.89. The van der Waals surface area contributed by atoms with Gasteiger partial charge in [0.15, 0.2) is 0 Å². The Labute approximate surface area is 410 Å². The van der Waals surface area contributed by atoms with Crippen LogP contribution in [0.4, 0.5) is 17.1 Å². The highest BCUT2D eigenvalue weighted by molar-refractivity contribution is 7.26. The van der Waals surface area contributed by atoms with Gasteiger partial charge >= 0.3 is 0 Å². The van der Waals surface area contributed by atoms with Crippen molar-refractivity contribution in [1.29, 1.82) is 0 Å². The fourth-order valence-electron chi connectivity index (χ4n) is 11.4. The summed E-state index contributed by atoms with van der Waals surface area (Å²) in [4.78, 5) is 2.42. The number of anilines is 3. The lowest BCUT2D eigenvalue weighted by atomic mass is 9.68. The van der Waals surface area contributed by atoms with Crippen LogP contribution >= 0.6 is 11.3 Å². The Morgan fingerprint density at radius 3 is 1.63 bits per heavy atom. The van der Waals surface area contributed by atoms with Crippen LogP contribution in [0.15, 0.2) is 265 Å². The van der Waals surface area contributed by atoms with Gasteiger partial charge in [0.1, 0.15) is 11.2 Å². The monoisotopic (exact) mass is 909 g/mol. The zero-order valence-corrected chi connectivity index (χ0v) is 38.9. The zero-order valence-electron chi connectivity index (χ0n) is 38.1. The molecule has 0 bridgehead atoms. The summed E-state index contributed by atoms with van der Waals surface area (Å²) in [6.07, 6.45) is 0. The number of para-hydroxylation sites is 1. The summed E-state index contributed by atoms with van der Waals surface area (Å²) >= 11 is 1.88. The van der Waals surface area contributed by atoms with Gasteiger partial charge in [0, 0.05) is 48.0 Å². The van der Waals surface area contributed by atoms with Gasteiger partial charge < -0.3 is 9.32 Å². The van der Waals surface area contributed by atoms with E-state index in [2.05, 4.69) is 254 Å². The van der Waals surface area contributed by atoms with E-state index < -0.39 is 5.41 Å². The van der Waals surface area contributed by atoms with Crippen molar-refractivity contribution < 1.29 is 4.42 Å². The molecule has 13 aromatic rings. The number of nitrogens with zero attached hydrogens (tertiary/aromatic N) is 1. The Morgan fingerprint density at radius 2 is 0.857 bits per heavy atom. The van der Waals surface area contributed by atoms with Crippen LogP contribution in [0.25, 0.3) is 86.6 Å². The van der Waals surface area contributed by atoms with Crippen LogP contribution in [0.3, 0.4) is 0 Å². The minimum atomic E-state index is -0.471. The number of furan rings is 1. The van der Waals surface area contributed by atoms with Gasteiger partial charge in [-0.25, -0.2) is 0 Å². The van der Waals surface area contributed by atoms with Crippen LogP contribution in [0, 0.1) is 0 Å². The molecule has 2 heterocycles. The zero-order chi connectivity index (χ0) is 46.2. The van der Waals surface area contributed by atoms with Crippen LogP contribution in [0.5, 0.6) is 0 Å². The fourth-order valence-corrected chi connectivity index (χ4v) is 12.6. The summed E-state index contributed by atoms with van der Waals surface area (Å²) in [5.41, 5.74) is 19.4. The lowest BCUT2D eigenvalue weighted by molar-refractivity contribution is 0.669. The molecule has 0 unspecified atom stereocenters. The predicted octanol–water partition coefficient (Wildman–Crippen LogP) is 18.8. The quantitative estimate of drug-likeness (QED) is 0.151. The van der Waals surface area contributed by atoms with Crippen LogP contribution in [0.2, 0.25) is 0 Å². The molecule has 0 saturated carbocycles. The van der Waals surface area contributed by atoms with Crippen molar-refractivity contribution in [3.63, 3.8) is 0 Å². The van der Waals surface area contributed by atoms with Crippen molar-refractivity contribution in [2.45, 2.75) is 5.41 Å². The first-order valence-electron chi connectivity index (χ1n) is 24.0. The minimum Gasteiger partial charge on any atom is -0.456 e. The molecule has 0 atom stereocenters. The van der Waals surface area contributed by atoms with Gasteiger partial charge in [-0.15, -0.1) is 11.3 Å². The van der Waals surface area contributed by atoms with E-state index in [1.54, 1.807) is 0 Å². The average Bonchev–Trinajstić information content (AvgIpc) is 4.10. The van der Waals surface area contributed by atoms with Gasteiger partial charge in [-0.05, 0) is 133 Å². The SMILES string of the molecule is c1ccc(C2(c3ccccc3)c3ccccc3-c3cc(N(c4ccc(-c5cccc(-c6ccc7oc8ccccc8c7c6)c5)cc4)c4ccc(-c5cccc6c5sc5ccccc56)cc4)ccc32)cc1. The summed E-state index contributed by atoms with van der Waals surface area (Å²) in [6, 6.07) is 95.6. The smallest absolute Gasteiger partial charge is 0.135 e. The second-order valence-corrected chi connectivity index (χ2v) is 19.4. The van der Waals surface area contributed by atoms with Crippen LogP contribution < -0.4 is 4.90 Å². The van der Waals surface area contributed by atoms with Gasteiger partial charge in [0.2, 0.25) is 0 Å². The second kappa shape index (κ2) is 16.2. The molecule has 2 nitrogen and oxygen atoms in total. The first kappa shape index (κ1) is 40.3. The molecule has 0 spiro atoms. The van der Waals surface area contributed by atoms with Gasteiger partial charge in [-0.1, -0.05) is 194 Å². The number of thiophene rings is 1.